The SMILES string of the molecule is C=CCn1cc(/C=C(\Sc2n[nH]c(-c3cc(Cl)ccc3OC)n2)C(=O)O)c2ccccc21. The molecule has 0 atom stereocenters. The zero-order valence-corrected chi connectivity index (χ0v) is 18.7. The van der Waals surface area contributed by atoms with Crippen LogP contribution in [0.1, 0.15) is 5.56 Å². The third-order valence-corrected chi connectivity index (χ3v) is 5.84. The largest absolute Gasteiger partial charge is 0.496 e. The Balaban J connectivity index is 1.69. The van der Waals surface area contributed by atoms with E-state index in [1.807, 2.05) is 35.0 Å². The predicted octanol–water partition coefficient (Wildman–Crippen LogP) is 5.49. The second-order valence-electron chi connectivity index (χ2n) is 6.77. The molecule has 0 amide bonds. The number of para-hydroxylation sites is 1. The van der Waals surface area contributed by atoms with E-state index >= 15 is 0 Å². The van der Waals surface area contributed by atoms with Gasteiger partial charge in [-0.3, -0.25) is 5.10 Å². The number of aliphatic carboxylic acids is 1. The van der Waals surface area contributed by atoms with Crippen LogP contribution in [-0.4, -0.2) is 37.9 Å². The third-order valence-electron chi connectivity index (χ3n) is 4.73. The number of hydrogen-bond acceptors (Lipinski definition) is 5. The van der Waals surface area contributed by atoms with Crippen LogP contribution in [0.3, 0.4) is 0 Å². The molecule has 162 valence electrons. The van der Waals surface area contributed by atoms with E-state index in [9.17, 15) is 9.90 Å². The Morgan fingerprint density at radius 1 is 1.34 bits per heavy atom. The molecule has 2 aromatic carbocycles. The highest BCUT2D eigenvalue weighted by atomic mass is 35.5. The van der Waals surface area contributed by atoms with Gasteiger partial charge in [0.1, 0.15) is 10.7 Å². The lowest BCUT2D eigenvalue weighted by molar-refractivity contribution is -0.131. The Kier molecular flexibility index (Phi) is 6.34. The summed E-state index contributed by atoms with van der Waals surface area (Å²) < 4.78 is 7.38. The number of nitrogens with one attached hydrogen (secondary N) is 1. The van der Waals surface area contributed by atoms with Crippen molar-refractivity contribution >= 4 is 46.3 Å². The normalized spacial score (nSPS) is 11.6. The maximum absolute atomic E-state index is 12.0. The molecule has 4 rings (SSSR count). The van der Waals surface area contributed by atoms with Gasteiger partial charge in [-0.05, 0) is 42.1 Å². The van der Waals surface area contributed by atoms with E-state index in [4.69, 9.17) is 16.3 Å². The van der Waals surface area contributed by atoms with Gasteiger partial charge in [0.25, 0.3) is 0 Å². The van der Waals surface area contributed by atoms with Crippen LogP contribution in [0.4, 0.5) is 0 Å². The zero-order valence-electron chi connectivity index (χ0n) is 17.1. The summed E-state index contributed by atoms with van der Waals surface area (Å²) in [6.45, 7) is 4.41. The molecule has 0 fully saturated rings. The van der Waals surface area contributed by atoms with Crippen molar-refractivity contribution in [1.29, 1.82) is 0 Å². The number of nitrogens with zero attached hydrogens (tertiary/aromatic N) is 3. The summed E-state index contributed by atoms with van der Waals surface area (Å²) >= 11 is 7.06. The molecule has 2 aromatic heterocycles. The molecule has 0 bridgehead atoms. The van der Waals surface area contributed by atoms with Crippen molar-refractivity contribution in [3.8, 4) is 17.1 Å². The Bertz CT molecular complexity index is 1340. The molecule has 32 heavy (non-hydrogen) atoms. The highest BCUT2D eigenvalue weighted by molar-refractivity contribution is 8.04. The first kappa shape index (κ1) is 21.7. The number of ether oxygens (including phenoxy) is 1. The smallest absolute Gasteiger partial charge is 0.342 e. The number of carboxylic acids is 1. The van der Waals surface area contributed by atoms with Gasteiger partial charge in [0.15, 0.2) is 5.82 Å². The second-order valence-corrected chi connectivity index (χ2v) is 8.22. The van der Waals surface area contributed by atoms with Crippen molar-refractivity contribution in [3.05, 3.63) is 76.8 Å². The molecule has 4 aromatic rings. The molecule has 2 N–H and O–H groups in total. The van der Waals surface area contributed by atoms with Crippen LogP contribution in [0.15, 0.2) is 71.4 Å². The van der Waals surface area contributed by atoms with Gasteiger partial charge in [-0.15, -0.1) is 11.7 Å². The van der Waals surface area contributed by atoms with E-state index in [1.54, 1.807) is 37.5 Å². The van der Waals surface area contributed by atoms with E-state index in [1.165, 1.54) is 0 Å². The van der Waals surface area contributed by atoms with Gasteiger partial charge >= 0.3 is 5.97 Å². The fraction of sp³-hybridized carbons (Fsp3) is 0.0870. The van der Waals surface area contributed by atoms with E-state index in [-0.39, 0.29) is 10.1 Å². The lowest BCUT2D eigenvalue weighted by atomic mass is 10.1. The Morgan fingerprint density at radius 3 is 2.91 bits per heavy atom. The minimum atomic E-state index is -1.07. The van der Waals surface area contributed by atoms with Crippen LogP contribution in [-0.2, 0) is 11.3 Å². The summed E-state index contributed by atoms with van der Waals surface area (Å²) in [5, 5.41) is 18.5. The number of benzene rings is 2. The first-order valence-corrected chi connectivity index (χ1v) is 10.8. The number of carboxylic acid groups (broad SMARTS) is 1. The lowest BCUT2D eigenvalue weighted by Crippen LogP contribution is -1.97. The summed E-state index contributed by atoms with van der Waals surface area (Å²) in [7, 11) is 1.55. The number of rotatable bonds is 8. The summed E-state index contributed by atoms with van der Waals surface area (Å²) in [4.78, 5) is 16.5. The van der Waals surface area contributed by atoms with Gasteiger partial charge in [0.05, 0.1) is 12.7 Å². The molecule has 7 nitrogen and oxygen atoms in total. The summed E-state index contributed by atoms with van der Waals surface area (Å²) in [5.41, 5.74) is 2.42. The molecule has 0 radical (unpaired) electrons. The Labute approximate surface area is 193 Å². The van der Waals surface area contributed by atoms with Gasteiger partial charge < -0.3 is 14.4 Å². The van der Waals surface area contributed by atoms with Crippen molar-refractivity contribution in [1.82, 2.24) is 19.7 Å². The van der Waals surface area contributed by atoms with Crippen LogP contribution in [0.25, 0.3) is 28.4 Å². The van der Waals surface area contributed by atoms with Crippen molar-refractivity contribution in [2.24, 2.45) is 0 Å². The number of H-pyrrole nitrogens is 1. The number of fused-ring (bicyclic) bond motifs is 1. The second kappa shape index (κ2) is 9.33. The number of aromatic nitrogens is 4. The number of halogens is 1. The van der Waals surface area contributed by atoms with Crippen molar-refractivity contribution < 1.29 is 14.6 Å². The molecule has 9 heteroatoms. The molecule has 0 saturated carbocycles. The average molecular weight is 467 g/mol. The lowest BCUT2D eigenvalue weighted by Gasteiger charge is -2.05. The summed E-state index contributed by atoms with van der Waals surface area (Å²) in [5.74, 6) is -0.0625. The van der Waals surface area contributed by atoms with Gasteiger partial charge in [0.2, 0.25) is 5.16 Å². The molecule has 2 heterocycles. The zero-order chi connectivity index (χ0) is 22.7. The predicted molar refractivity (Wildman–Crippen MR) is 127 cm³/mol. The van der Waals surface area contributed by atoms with E-state index in [2.05, 4.69) is 21.8 Å². The molecule has 0 aliphatic rings. The van der Waals surface area contributed by atoms with Crippen LogP contribution in [0.5, 0.6) is 5.75 Å². The maximum atomic E-state index is 12.0. The first-order valence-electron chi connectivity index (χ1n) is 9.58. The quantitative estimate of drug-likeness (QED) is 0.202. The molecule has 0 aliphatic carbocycles. The van der Waals surface area contributed by atoms with E-state index < -0.39 is 5.97 Å². The molecule has 0 saturated heterocycles. The number of methoxy groups -OCH3 is 1. The van der Waals surface area contributed by atoms with Gasteiger partial charge in [0, 0.05) is 34.2 Å². The van der Waals surface area contributed by atoms with Crippen LogP contribution < -0.4 is 4.74 Å². The summed E-state index contributed by atoms with van der Waals surface area (Å²) in [6, 6.07) is 13.0. The van der Waals surface area contributed by atoms with Crippen molar-refractivity contribution in [2.75, 3.05) is 7.11 Å². The highest BCUT2D eigenvalue weighted by Crippen LogP contribution is 2.33. The van der Waals surface area contributed by atoms with Gasteiger partial charge in [-0.2, -0.15) is 0 Å². The minimum absolute atomic E-state index is 0.0927. The number of hydrogen-bond donors (Lipinski definition) is 2. The summed E-state index contributed by atoms with van der Waals surface area (Å²) in [6.07, 6.45) is 5.34. The Hall–Kier alpha value is -3.49. The van der Waals surface area contributed by atoms with Gasteiger partial charge in [-0.25, -0.2) is 9.78 Å². The van der Waals surface area contributed by atoms with Crippen LogP contribution >= 0.6 is 23.4 Å². The maximum Gasteiger partial charge on any atom is 0.342 e. The van der Waals surface area contributed by atoms with Crippen LogP contribution in [0.2, 0.25) is 5.02 Å². The number of allylic oxidation sites excluding steroid dienone is 1. The molecule has 0 spiro atoms. The first-order chi connectivity index (χ1) is 15.5. The van der Waals surface area contributed by atoms with Gasteiger partial charge in [-0.1, -0.05) is 35.9 Å². The van der Waals surface area contributed by atoms with E-state index in [0.29, 0.717) is 28.7 Å². The van der Waals surface area contributed by atoms with E-state index in [0.717, 1.165) is 28.2 Å². The number of aromatic amines is 1. The number of carbonyl (C=O) groups is 1. The minimum Gasteiger partial charge on any atom is -0.496 e. The fourth-order valence-corrected chi connectivity index (χ4v) is 4.20. The van der Waals surface area contributed by atoms with Crippen LogP contribution in [0, 0.1) is 0 Å². The molecule has 0 aliphatic heterocycles. The molecule has 0 unspecified atom stereocenters. The average Bonchev–Trinajstić information content (AvgIpc) is 3.39. The Morgan fingerprint density at radius 2 is 2.16 bits per heavy atom. The standard InChI is InChI=1S/C23H19ClN4O3S/c1-3-10-28-13-14(16-6-4-5-7-18(16)28)11-20(22(29)30)32-23-25-21(26-27-23)17-12-15(24)8-9-19(17)31-2/h3-9,11-13H,1,10H2,2H3,(H,29,30)(H,25,26,27)/b20-11-. The monoisotopic (exact) mass is 466 g/mol. The number of thioether (sulfide) groups is 1. The van der Waals surface area contributed by atoms with Crippen molar-refractivity contribution in [2.45, 2.75) is 11.7 Å². The third kappa shape index (κ3) is 4.42. The molecular formula is C23H19ClN4O3S. The topological polar surface area (TPSA) is 93.0 Å². The fourth-order valence-electron chi connectivity index (χ4n) is 3.33. The molecular weight excluding hydrogens is 448 g/mol. The van der Waals surface area contributed by atoms with Crippen molar-refractivity contribution in [3.63, 3.8) is 0 Å². The highest BCUT2D eigenvalue weighted by Gasteiger charge is 2.17.